The van der Waals surface area contributed by atoms with Gasteiger partial charge in [-0.05, 0) is 24.3 Å². The fourth-order valence-electron chi connectivity index (χ4n) is 2.97. The van der Waals surface area contributed by atoms with Crippen molar-refractivity contribution in [3.05, 3.63) is 70.7 Å². The monoisotopic (exact) mass is 408 g/mol. The van der Waals surface area contributed by atoms with E-state index in [-0.39, 0.29) is 6.61 Å². The molecule has 2 aromatic carbocycles. The molecule has 8 heteroatoms. The van der Waals surface area contributed by atoms with Crippen molar-refractivity contribution < 1.29 is 23.9 Å². The highest BCUT2D eigenvalue weighted by Crippen LogP contribution is 2.27. The van der Waals surface area contributed by atoms with Crippen LogP contribution in [0.15, 0.2) is 53.9 Å². The van der Waals surface area contributed by atoms with Crippen LogP contribution in [0.4, 0.5) is 0 Å². The van der Waals surface area contributed by atoms with E-state index in [0.29, 0.717) is 16.8 Å². The Morgan fingerprint density at radius 3 is 2.48 bits per heavy atom. The van der Waals surface area contributed by atoms with E-state index in [0.717, 1.165) is 21.2 Å². The largest absolute Gasteiger partial charge is 0.497 e. The van der Waals surface area contributed by atoms with Gasteiger partial charge in [-0.2, -0.15) is 0 Å². The molecule has 7 nitrogen and oxygen atoms in total. The van der Waals surface area contributed by atoms with E-state index in [2.05, 4.69) is 4.98 Å². The van der Waals surface area contributed by atoms with Gasteiger partial charge in [0.05, 0.1) is 23.9 Å². The number of nitrogens with zero attached hydrogens (tertiary/aromatic N) is 2. The van der Waals surface area contributed by atoms with Gasteiger partial charge in [-0.3, -0.25) is 19.3 Å². The Hall–Kier alpha value is -3.52. The number of esters is 1. The third kappa shape index (κ3) is 3.74. The zero-order chi connectivity index (χ0) is 20.4. The Morgan fingerprint density at radius 1 is 1.07 bits per heavy atom. The SMILES string of the molecule is COc1cccc(-c2nc(COC(=O)CN3C(=O)c4ccccc4C3=O)cs2)c1. The molecule has 0 N–H and O–H groups in total. The topological polar surface area (TPSA) is 85.8 Å². The number of amides is 2. The molecule has 2 heterocycles. The quantitative estimate of drug-likeness (QED) is 0.460. The molecule has 1 aliphatic heterocycles. The first kappa shape index (κ1) is 18.8. The predicted molar refractivity (Wildman–Crippen MR) is 106 cm³/mol. The molecular formula is C21H16N2O5S. The Balaban J connectivity index is 1.37. The molecular weight excluding hydrogens is 392 g/mol. The third-order valence-corrected chi connectivity index (χ3v) is 5.36. The number of fused-ring (bicyclic) bond motifs is 1. The summed E-state index contributed by atoms with van der Waals surface area (Å²) < 4.78 is 10.4. The molecule has 3 aromatic rings. The summed E-state index contributed by atoms with van der Waals surface area (Å²) in [5, 5.41) is 2.57. The highest BCUT2D eigenvalue weighted by Gasteiger charge is 2.36. The van der Waals surface area contributed by atoms with Crippen molar-refractivity contribution in [1.82, 2.24) is 9.88 Å². The Kier molecular flexibility index (Phi) is 5.09. The van der Waals surface area contributed by atoms with Gasteiger partial charge in [0.1, 0.15) is 23.9 Å². The minimum atomic E-state index is -0.671. The standard InChI is InChI=1S/C21H16N2O5S/c1-27-15-6-4-5-13(9-15)19-22-14(12-29-19)11-28-18(24)10-23-20(25)16-7-2-3-8-17(16)21(23)26/h2-9,12H,10-11H2,1H3. The van der Waals surface area contributed by atoms with Crippen LogP contribution in [0.2, 0.25) is 0 Å². The van der Waals surface area contributed by atoms with Crippen LogP contribution in [0.5, 0.6) is 5.75 Å². The third-order valence-electron chi connectivity index (χ3n) is 4.41. The van der Waals surface area contributed by atoms with Crippen LogP contribution in [0.1, 0.15) is 26.4 Å². The molecule has 0 bridgehead atoms. The minimum Gasteiger partial charge on any atom is -0.497 e. The summed E-state index contributed by atoms with van der Waals surface area (Å²) in [5.41, 5.74) is 2.09. The first-order chi connectivity index (χ1) is 14.1. The van der Waals surface area contributed by atoms with E-state index in [1.165, 1.54) is 11.3 Å². The van der Waals surface area contributed by atoms with E-state index in [1.54, 1.807) is 36.8 Å². The van der Waals surface area contributed by atoms with Gasteiger partial charge in [-0.25, -0.2) is 4.98 Å². The highest BCUT2D eigenvalue weighted by atomic mass is 32.1. The van der Waals surface area contributed by atoms with Crippen molar-refractivity contribution in [2.24, 2.45) is 0 Å². The number of imide groups is 1. The van der Waals surface area contributed by atoms with E-state index >= 15 is 0 Å². The van der Waals surface area contributed by atoms with Crippen molar-refractivity contribution >= 4 is 29.1 Å². The molecule has 146 valence electrons. The maximum atomic E-state index is 12.3. The molecule has 0 radical (unpaired) electrons. The van der Waals surface area contributed by atoms with Crippen molar-refractivity contribution in [1.29, 1.82) is 0 Å². The maximum Gasteiger partial charge on any atom is 0.326 e. The molecule has 2 amide bonds. The van der Waals surface area contributed by atoms with Gasteiger partial charge in [-0.1, -0.05) is 24.3 Å². The Bertz CT molecular complexity index is 1070. The molecule has 0 spiro atoms. The van der Waals surface area contributed by atoms with Crippen LogP contribution in [-0.2, 0) is 16.1 Å². The number of hydrogen-bond donors (Lipinski definition) is 0. The average Bonchev–Trinajstić information content (AvgIpc) is 3.32. The number of rotatable bonds is 6. The van der Waals surface area contributed by atoms with Crippen molar-refractivity contribution in [2.45, 2.75) is 6.61 Å². The summed E-state index contributed by atoms with van der Waals surface area (Å²) in [5.74, 6) is -0.921. The number of hydrogen-bond acceptors (Lipinski definition) is 7. The number of aromatic nitrogens is 1. The summed E-state index contributed by atoms with van der Waals surface area (Å²) in [6, 6.07) is 14.0. The van der Waals surface area contributed by atoms with Crippen LogP contribution in [0.25, 0.3) is 10.6 Å². The smallest absolute Gasteiger partial charge is 0.326 e. The van der Waals surface area contributed by atoms with Gasteiger partial charge in [0.15, 0.2) is 0 Å². The number of carbonyl (C=O) groups is 3. The lowest BCUT2D eigenvalue weighted by Crippen LogP contribution is -2.35. The first-order valence-electron chi connectivity index (χ1n) is 8.76. The second-order valence-electron chi connectivity index (χ2n) is 6.28. The summed E-state index contributed by atoms with van der Waals surface area (Å²) in [6.07, 6.45) is 0. The van der Waals surface area contributed by atoms with Crippen LogP contribution in [0.3, 0.4) is 0 Å². The summed E-state index contributed by atoms with van der Waals surface area (Å²) in [4.78, 5) is 42.1. The number of benzene rings is 2. The number of methoxy groups -OCH3 is 1. The normalized spacial score (nSPS) is 12.8. The zero-order valence-corrected chi connectivity index (χ0v) is 16.3. The van der Waals surface area contributed by atoms with Crippen molar-refractivity contribution in [2.75, 3.05) is 13.7 Å². The Labute approximate surface area is 170 Å². The van der Waals surface area contributed by atoms with Crippen LogP contribution in [0, 0.1) is 0 Å². The number of ether oxygens (including phenoxy) is 2. The minimum absolute atomic E-state index is 0.0392. The molecule has 0 atom stereocenters. The highest BCUT2D eigenvalue weighted by molar-refractivity contribution is 7.13. The van der Waals surface area contributed by atoms with Crippen LogP contribution in [-0.4, -0.2) is 41.3 Å². The number of carbonyl (C=O) groups excluding carboxylic acids is 3. The number of thiazole rings is 1. The lowest BCUT2D eigenvalue weighted by Gasteiger charge is -2.12. The van der Waals surface area contributed by atoms with Crippen molar-refractivity contribution in [3.8, 4) is 16.3 Å². The zero-order valence-electron chi connectivity index (χ0n) is 15.5. The molecule has 1 aliphatic rings. The second-order valence-corrected chi connectivity index (χ2v) is 7.14. The summed E-state index contributed by atoms with van der Waals surface area (Å²) in [6.45, 7) is -0.471. The van der Waals surface area contributed by atoms with Crippen LogP contribution < -0.4 is 4.74 Å². The van der Waals surface area contributed by atoms with Gasteiger partial charge in [-0.15, -0.1) is 11.3 Å². The first-order valence-corrected chi connectivity index (χ1v) is 9.64. The molecule has 29 heavy (non-hydrogen) atoms. The van der Waals surface area contributed by atoms with E-state index in [1.807, 2.05) is 24.3 Å². The van der Waals surface area contributed by atoms with E-state index in [9.17, 15) is 14.4 Å². The molecule has 1 aromatic heterocycles. The molecule has 0 aliphatic carbocycles. The van der Waals surface area contributed by atoms with Crippen LogP contribution >= 0.6 is 11.3 Å². The van der Waals surface area contributed by atoms with E-state index < -0.39 is 24.3 Å². The van der Waals surface area contributed by atoms with E-state index in [4.69, 9.17) is 9.47 Å². The maximum absolute atomic E-state index is 12.3. The van der Waals surface area contributed by atoms with Gasteiger partial charge in [0.25, 0.3) is 11.8 Å². The fourth-order valence-corrected chi connectivity index (χ4v) is 3.78. The van der Waals surface area contributed by atoms with Gasteiger partial charge >= 0.3 is 5.97 Å². The molecule has 0 saturated heterocycles. The molecule has 4 rings (SSSR count). The average molecular weight is 408 g/mol. The van der Waals surface area contributed by atoms with Gasteiger partial charge in [0.2, 0.25) is 0 Å². The molecule has 0 saturated carbocycles. The molecule has 0 fully saturated rings. The van der Waals surface area contributed by atoms with Gasteiger partial charge in [0, 0.05) is 10.9 Å². The summed E-state index contributed by atoms with van der Waals surface area (Å²) in [7, 11) is 1.60. The molecule has 0 unspecified atom stereocenters. The second kappa shape index (κ2) is 7.84. The lowest BCUT2D eigenvalue weighted by molar-refractivity contribution is -0.145. The van der Waals surface area contributed by atoms with Gasteiger partial charge < -0.3 is 9.47 Å². The van der Waals surface area contributed by atoms with Crippen molar-refractivity contribution in [3.63, 3.8) is 0 Å². The summed E-state index contributed by atoms with van der Waals surface area (Å²) >= 11 is 1.42. The Morgan fingerprint density at radius 2 is 1.79 bits per heavy atom. The lowest BCUT2D eigenvalue weighted by atomic mass is 10.1. The fraction of sp³-hybridized carbons (Fsp3) is 0.143. The predicted octanol–water partition coefficient (Wildman–Crippen LogP) is 3.16.